The summed E-state index contributed by atoms with van der Waals surface area (Å²) < 4.78 is 0. The molecule has 0 atom stereocenters. The maximum atomic E-state index is 12.7. The summed E-state index contributed by atoms with van der Waals surface area (Å²) in [6.07, 6.45) is 0. The van der Waals surface area contributed by atoms with E-state index in [1.165, 1.54) is 0 Å². The lowest BCUT2D eigenvalue weighted by Crippen LogP contribution is -2.52. The molecule has 33 heavy (non-hydrogen) atoms. The molecular weight excluding hydrogens is 416 g/mol. The summed E-state index contributed by atoms with van der Waals surface area (Å²) in [6.45, 7) is 1.60. The maximum absolute atomic E-state index is 12.7. The number of hydrogen-bond donors (Lipinski definition) is 2. The molecular formula is C26H26N4O3. The number of benzene rings is 3. The van der Waals surface area contributed by atoms with Crippen molar-refractivity contribution in [3.05, 3.63) is 90.0 Å². The van der Waals surface area contributed by atoms with Gasteiger partial charge in [-0.25, -0.2) is 0 Å². The third-order valence-corrected chi connectivity index (χ3v) is 5.77. The van der Waals surface area contributed by atoms with E-state index in [2.05, 4.69) is 5.32 Å². The minimum Gasteiger partial charge on any atom is -0.398 e. The van der Waals surface area contributed by atoms with E-state index in [4.69, 9.17) is 5.73 Å². The molecule has 0 aromatic heterocycles. The van der Waals surface area contributed by atoms with Crippen LogP contribution in [0.2, 0.25) is 0 Å². The van der Waals surface area contributed by atoms with Crippen molar-refractivity contribution >= 4 is 23.4 Å². The molecule has 0 unspecified atom stereocenters. The number of amides is 3. The van der Waals surface area contributed by atoms with Crippen LogP contribution >= 0.6 is 0 Å². The van der Waals surface area contributed by atoms with Crippen LogP contribution in [0.25, 0.3) is 11.1 Å². The van der Waals surface area contributed by atoms with Gasteiger partial charge in [0.1, 0.15) is 0 Å². The van der Waals surface area contributed by atoms with Gasteiger partial charge in [-0.1, -0.05) is 54.6 Å². The number of piperazine rings is 1. The molecule has 4 rings (SSSR count). The highest BCUT2D eigenvalue weighted by molar-refractivity contribution is 5.99. The van der Waals surface area contributed by atoms with E-state index in [1.807, 2.05) is 42.5 Å². The van der Waals surface area contributed by atoms with E-state index in [0.717, 1.165) is 11.1 Å². The van der Waals surface area contributed by atoms with Crippen LogP contribution in [0.1, 0.15) is 20.7 Å². The summed E-state index contributed by atoms with van der Waals surface area (Å²) in [5, 5.41) is 2.70. The number of para-hydroxylation sites is 1. The molecule has 3 N–H and O–H groups in total. The van der Waals surface area contributed by atoms with Crippen LogP contribution in [-0.2, 0) is 4.79 Å². The zero-order valence-corrected chi connectivity index (χ0v) is 18.2. The molecule has 0 bridgehead atoms. The number of nitrogens with two attached hydrogens (primary N) is 1. The number of nitrogens with one attached hydrogen (secondary N) is 1. The largest absolute Gasteiger partial charge is 0.398 e. The molecule has 3 amide bonds. The second-order valence-electron chi connectivity index (χ2n) is 7.89. The Hall–Kier alpha value is -4.13. The first-order valence-corrected chi connectivity index (χ1v) is 10.9. The van der Waals surface area contributed by atoms with Crippen LogP contribution in [0, 0.1) is 0 Å². The highest BCUT2D eigenvalue weighted by atomic mass is 16.2. The Morgan fingerprint density at radius 1 is 0.727 bits per heavy atom. The van der Waals surface area contributed by atoms with Gasteiger partial charge in [-0.15, -0.1) is 0 Å². The number of carbonyl (C=O) groups is 3. The number of hydrogen-bond acceptors (Lipinski definition) is 4. The van der Waals surface area contributed by atoms with Gasteiger partial charge in [0.2, 0.25) is 5.91 Å². The predicted octanol–water partition coefficient (Wildman–Crippen LogP) is 2.65. The molecule has 3 aromatic carbocycles. The molecule has 1 heterocycles. The molecule has 0 radical (unpaired) electrons. The second-order valence-corrected chi connectivity index (χ2v) is 7.89. The first-order chi connectivity index (χ1) is 16.0. The lowest BCUT2D eigenvalue weighted by molar-refractivity contribution is -0.131. The van der Waals surface area contributed by atoms with Gasteiger partial charge in [0, 0.05) is 37.4 Å². The summed E-state index contributed by atoms with van der Waals surface area (Å²) >= 11 is 0. The van der Waals surface area contributed by atoms with Crippen LogP contribution in [0.15, 0.2) is 78.9 Å². The lowest BCUT2D eigenvalue weighted by atomic mass is 10.0. The summed E-state index contributed by atoms with van der Waals surface area (Å²) in [5.74, 6) is -0.598. The number of rotatable bonds is 5. The fourth-order valence-corrected chi connectivity index (χ4v) is 3.84. The summed E-state index contributed by atoms with van der Waals surface area (Å²) in [6, 6.07) is 24.2. The summed E-state index contributed by atoms with van der Waals surface area (Å²) in [7, 11) is 0. The van der Waals surface area contributed by atoms with E-state index in [0.29, 0.717) is 43.0 Å². The van der Waals surface area contributed by atoms with Crippen molar-refractivity contribution in [2.45, 2.75) is 0 Å². The molecule has 168 valence electrons. The van der Waals surface area contributed by atoms with Gasteiger partial charge in [-0.05, 0) is 35.4 Å². The third-order valence-electron chi connectivity index (χ3n) is 5.77. The minimum absolute atomic E-state index is 0.0845. The number of carbonyl (C=O) groups excluding carboxylic acids is 3. The number of nitrogens with zero attached hydrogens (tertiary/aromatic N) is 2. The molecule has 1 fully saturated rings. The average Bonchev–Trinajstić information content (AvgIpc) is 2.87. The number of anilines is 1. The zero-order valence-electron chi connectivity index (χ0n) is 18.2. The Bertz CT molecular complexity index is 1140. The molecule has 7 nitrogen and oxygen atoms in total. The van der Waals surface area contributed by atoms with Crippen molar-refractivity contribution in [2.24, 2.45) is 0 Å². The second kappa shape index (κ2) is 9.99. The molecule has 0 saturated carbocycles. The van der Waals surface area contributed by atoms with E-state index >= 15 is 0 Å². The highest BCUT2D eigenvalue weighted by Gasteiger charge is 2.25. The van der Waals surface area contributed by atoms with Gasteiger partial charge in [0.15, 0.2) is 0 Å². The highest BCUT2D eigenvalue weighted by Crippen LogP contribution is 2.19. The van der Waals surface area contributed by atoms with E-state index in [9.17, 15) is 14.4 Å². The van der Waals surface area contributed by atoms with E-state index in [1.54, 1.807) is 46.2 Å². The molecule has 1 saturated heterocycles. The molecule has 0 aliphatic carbocycles. The van der Waals surface area contributed by atoms with Crippen molar-refractivity contribution < 1.29 is 14.4 Å². The van der Waals surface area contributed by atoms with Gasteiger partial charge in [0.25, 0.3) is 11.8 Å². The van der Waals surface area contributed by atoms with Crippen molar-refractivity contribution in [3.8, 4) is 11.1 Å². The normalized spacial score (nSPS) is 13.5. The van der Waals surface area contributed by atoms with Gasteiger partial charge in [-0.3, -0.25) is 14.4 Å². The predicted molar refractivity (Wildman–Crippen MR) is 128 cm³/mol. The molecule has 7 heteroatoms. The molecule has 0 spiro atoms. The Kier molecular flexibility index (Phi) is 6.69. The third kappa shape index (κ3) is 5.20. The maximum Gasteiger partial charge on any atom is 0.256 e. The van der Waals surface area contributed by atoms with Crippen LogP contribution < -0.4 is 11.1 Å². The first-order valence-electron chi connectivity index (χ1n) is 10.9. The number of nitrogen functional groups attached to an aromatic ring is 1. The SMILES string of the molecule is Nc1ccccc1C(=O)N1CCN(C(=O)CNC(=O)c2ccc(-c3ccccc3)cc2)CC1. The van der Waals surface area contributed by atoms with Crippen LogP contribution in [-0.4, -0.2) is 60.2 Å². The Labute approximate surface area is 192 Å². The Morgan fingerprint density at radius 3 is 1.97 bits per heavy atom. The smallest absolute Gasteiger partial charge is 0.256 e. The minimum atomic E-state index is -0.295. The molecule has 1 aliphatic rings. The lowest BCUT2D eigenvalue weighted by Gasteiger charge is -2.35. The fraction of sp³-hybridized carbons (Fsp3) is 0.192. The van der Waals surface area contributed by atoms with E-state index < -0.39 is 0 Å². The average molecular weight is 443 g/mol. The zero-order chi connectivity index (χ0) is 23.2. The van der Waals surface area contributed by atoms with E-state index in [-0.39, 0.29) is 24.3 Å². The Balaban J connectivity index is 1.26. The monoisotopic (exact) mass is 442 g/mol. The van der Waals surface area contributed by atoms with Crippen molar-refractivity contribution in [1.82, 2.24) is 15.1 Å². The quantitative estimate of drug-likeness (QED) is 0.594. The Morgan fingerprint density at radius 2 is 1.30 bits per heavy atom. The fourth-order valence-electron chi connectivity index (χ4n) is 3.84. The topological polar surface area (TPSA) is 95.7 Å². The molecule has 3 aromatic rings. The van der Waals surface area contributed by atoms with Gasteiger partial charge < -0.3 is 20.9 Å². The summed E-state index contributed by atoms with van der Waals surface area (Å²) in [4.78, 5) is 41.1. The standard InChI is InChI=1S/C26H26N4O3/c27-23-9-5-4-8-22(23)26(33)30-16-14-29(15-17-30)24(31)18-28-25(32)21-12-10-20(11-13-21)19-6-2-1-3-7-19/h1-13H,14-18,27H2,(H,28,32). The van der Waals surface area contributed by atoms with Crippen molar-refractivity contribution in [2.75, 3.05) is 38.5 Å². The van der Waals surface area contributed by atoms with Gasteiger partial charge in [0.05, 0.1) is 12.1 Å². The van der Waals surface area contributed by atoms with Crippen molar-refractivity contribution in [3.63, 3.8) is 0 Å². The molecule has 1 aliphatic heterocycles. The first kappa shape index (κ1) is 22.1. The van der Waals surface area contributed by atoms with Crippen molar-refractivity contribution in [1.29, 1.82) is 0 Å². The summed E-state index contributed by atoms with van der Waals surface area (Å²) in [5.41, 5.74) is 9.42. The van der Waals surface area contributed by atoms with Crippen LogP contribution in [0.5, 0.6) is 0 Å². The van der Waals surface area contributed by atoms with Crippen LogP contribution in [0.3, 0.4) is 0 Å². The van der Waals surface area contributed by atoms with Gasteiger partial charge >= 0.3 is 0 Å². The van der Waals surface area contributed by atoms with Crippen LogP contribution in [0.4, 0.5) is 5.69 Å². The van der Waals surface area contributed by atoms with Gasteiger partial charge in [-0.2, -0.15) is 0 Å².